The summed E-state index contributed by atoms with van der Waals surface area (Å²) in [6, 6.07) is 1.83. The van der Waals surface area contributed by atoms with Gasteiger partial charge in [0.2, 0.25) is 0 Å². The van der Waals surface area contributed by atoms with Crippen LogP contribution in [0, 0.1) is 22.9 Å². The van der Waals surface area contributed by atoms with Crippen LogP contribution >= 0.6 is 0 Å². The molecule has 118 valence electrons. The maximum absolute atomic E-state index is 13.0. The van der Waals surface area contributed by atoms with E-state index in [1.165, 1.54) is 0 Å². The summed E-state index contributed by atoms with van der Waals surface area (Å²) in [7, 11) is 0. The number of halogens is 3. The Morgan fingerprint density at radius 1 is 1.24 bits per heavy atom. The molecule has 0 aliphatic rings. The molecule has 0 radical (unpaired) electrons. The predicted molar refractivity (Wildman–Crippen MR) is 75.8 cm³/mol. The molecule has 1 rings (SSSR count). The first-order chi connectivity index (χ1) is 9.77. The summed E-state index contributed by atoms with van der Waals surface area (Å²) in [4.78, 5) is 0. The van der Waals surface area contributed by atoms with Gasteiger partial charge in [-0.25, -0.2) is 13.2 Å². The third kappa shape index (κ3) is 4.84. The molecule has 21 heavy (non-hydrogen) atoms. The predicted octanol–water partition coefficient (Wildman–Crippen LogP) is 3.46. The quantitative estimate of drug-likeness (QED) is 0.180. The third-order valence-electron chi connectivity index (χ3n) is 3.34. The molecule has 0 amide bonds. The molecule has 4 N–H and O–H groups in total. The fourth-order valence-corrected chi connectivity index (χ4v) is 1.85. The Morgan fingerprint density at radius 3 is 2.33 bits per heavy atom. The number of benzene rings is 1. The van der Waals surface area contributed by atoms with Crippen molar-refractivity contribution < 1.29 is 18.4 Å². The van der Waals surface area contributed by atoms with Crippen LogP contribution in [0.3, 0.4) is 0 Å². The molecule has 0 aliphatic heterocycles. The Morgan fingerprint density at radius 2 is 1.81 bits per heavy atom. The minimum atomic E-state index is -1.47. The number of unbranched alkanes of at least 4 members (excludes halogenated alkanes) is 1. The number of anilines is 1. The van der Waals surface area contributed by atoms with Gasteiger partial charge in [-0.1, -0.05) is 25.4 Å². The van der Waals surface area contributed by atoms with Gasteiger partial charge < -0.3 is 16.3 Å². The summed E-state index contributed by atoms with van der Waals surface area (Å²) in [6.45, 7) is 4.21. The van der Waals surface area contributed by atoms with E-state index in [4.69, 9.17) is 10.9 Å². The van der Waals surface area contributed by atoms with Crippen LogP contribution in [0.15, 0.2) is 17.3 Å². The van der Waals surface area contributed by atoms with Crippen LogP contribution in [0.2, 0.25) is 0 Å². The summed E-state index contributed by atoms with van der Waals surface area (Å²) in [5.74, 6) is -3.74. The molecule has 1 aromatic rings. The van der Waals surface area contributed by atoms with E-state index in [1.54, 1.807) is 0 Å². The summed E-state index contributed by atoms with van der Waals surface area (Å²) in [5, 5.41) is 14.5. The second-order valence-electron chi connectivity index (χ2n) is 5.51. The van der Waals surface area contributed by atoms with E-state index in [0.29, 0.717) is 13.0 Å². The van der Waals surface area contributed by atoms with Crippen LogP contribution in [0.5, 0.6) is 0 Å². The van der Waals surface area contributed by atoms with Crippen molar-refractivity contribution >= 4 is 11.5 Å². The molecule has 0 saturated heterocycles. The molecule has 0 aliphatic carbocycles. The van der Waals surface area contributed by atoms with Gasteiger partial charge in [0.1, 0.15) is 5.84 Å². The van der Waals surface area contributed by atoms with Gasteiger partial charge in [-0.15, -0.1) is 0 Å². The Kier molecular flexibility index (Phi) is 5.87. The van der Waals surface area contributed by atoms with Crippen molar-refractivity contribution in [2.45, 2.75) is 33.1 Å². The smallest absolute Gasteiger partial charge is 0.194 e. The zero-order valence-electron chi connectivity index (χ0n) is 12.1. The number of nitrogens with one attached hydrogen (secondary N) is 1. The Bertz CT molecular complexity index is 495. The minimum Gasteiger partial charge on any atom is -0.409 e. The van der Waals surface area contributed by atoms with Gasteiger partial charge in [0.15, 0.2) is 17.5 Å². The zero-order chi connectivity index (χ0) is 16.0. The fourth-order valence-electron chi connectivity index (χ4n) is 1.85. The van der Waals surface area contributed by atoms with Crippen molar-refractivity contribution in [3.8, 4) is 0 Å². The van der Waals surface area contributed by atoms with E-state index >= 15 is 0 Å². The van der Waals surface area contributed by atoms with Gasteiger partial charge in [0, 0.05) is 29.8 Å². The van der Waals surface area contributed by atoms with Crippen molar-refractivity contribution in [3.63, 3.8) is 0 Å². The van der Waals surface area contributed by atoms with Crippen LogP contribution in [0.4, 0.5) is 18.9 Å². The number of hydrogen-bond donors (Lipinski definition) is 3. The number of amidine groups is 1. The second-order valence-corrected chi connectivity index (χ2v) is 5.51. The molecular formula is C14H20F3N3O. The first-order valence-electron chi connectivity index (χ1n) is 6.64. The maximum atomic E-state index is 13.0. The Labute approximate surface area is 121 Å². The van der Waals surface area contributed by atoms with Crippen LogP contribution in [0.25, 0.3) is 0 Å². The zero-order valence-corrected chi connectivity index (χ0v) is 12.1. The lowest BCUT2D eigenvalue weighted by molar-refractivity contribution is 0.304. The van der Waals surface area contributed by atoms with E-state index in [9.17, 15) is 13.2 Å². The van der Waals surface area contributed by atoms with Gasteiger partial charge >= 0.3 is 0 Å². The van der Waals surface area contributed by atoms with Gasteiger partial charge in [0.25, 0.3) is 0 Å². The van der Waals surface area contributed by atoms with Gasteiger partial charge in [-0.05, 0) is 12.8 Å². The van der Waals surface area contributed by atoms with Crippen LogP contribution in [0.1, 0.15) is 33.1 Å². The van der Waals surface area contributed by atoms with Crippen molar-refractivity contribution in [1.82, 2.24) is 0 Å². The highest BCUT2D eigenvalue weighted by Crippen LogP contribution is 2.23. The van der Waals surface area contributed by atoms with E-state index in [-0.39, 0.29) is 11.5 Å². The number of nitrogens with zero attached hydrogens (tertiary/aromatic N) is 1. The monoisotopic (exact) mass is 303 g/mol. The minimum absolute atomic E-state index is 0.165. The van der Waals surface area contributed by atoms with Crippen LogP contribution in [-0.2, 0) is 0 Å². The van der Waals surface area contributed by atoms with Gasteiger partial charge in [-0.3, -0.25) is 0 Å². The number of oxime groups is 1. The topological polar surface area (TPSA) is 70.6 Å². The standard InChI is InChI=1S/C14H20F3N3O/c1-14(2,13(18)20-21)5-3-4-6-19-9-7-10(15)12(17)11(16)8-9/h7-8,19,21H,3-6H2,1-2H3,(H2,18,20). The molecule has 0 atom stereocenters. The van der Waals surface area contributed by atoms with Crippen LogP contribution in [-0.4, -0.2) is 17.6 Å². The molecule has 0 bridgehead atoms. The maximum Gasteiger partial charge on any atom is 0.194 e. The lowest BCUT2D eigenvalue weighted by Crippen LogP contribution is -2.31. The van der Waals surface area contributed by atoms with Crippen molar-refractivity contribution in [1.29, 1.82) is 0 Å². The highest BCUT2D eigenvalue weighted by molar-refractivity contribution is 5.85. The van der Waals surface area contributed by atoms with Gasteiger partial charge in [-0.2, -0.15) is 0 Å². The summed E-state index contributed by atoms with van der Waals surface area (Å²) < 4.78 is 38.8. The Hall–Kier alpha value is -1.92. The molecule has 0 spiro atoms. The fraction of sp³-hybridized carbons (Fsp3) is 0.500. The number of rotatable bonds is 7. The van der Waals surface area contributed by atoms with E-state index in [0.717, 1.165) is 25.0 Å². The third-order valence-corrected chi connectivity index (χ3v) is 3.34. The molecule has 1 aromatic carbocycles. The highest BCUT2D eigenvalue weighted by Gasteiger charge is 2.22. The lowest BCUT2D eigenvalue weighted by Gasteiger charge is -2.22. The van der Waals surface area contributed by atoms with E-state index < -0.39 is 22.9 Å². The Balaban J connectivity index is 2.39. The van der Waals surface area contributed by atoms with Crippen LogP contribution < -0.4 is 11.1 Å². The molecule has 0 aromatic heterocycles. The average Bonchev–Trinajstić information content (AvgIpc) is 2.43. The first-order valence-corrected chi connectivity index (χ1v) is 6.64. The first kappa shape index (κ1) is 17.1. The van der Waals surface area contributed by atoms with Gasteiger partial charge in [0.05, 0.1) is 0 Å². The molecule has 0 saturated carbocycles. The molecule has 0 heterocycles. The average molecular weight is 303 g/mol. The summed E-state index contributed by atoms with van der Waals surface area (Å²) >= 11 is 0. The van der Waals surface area contributed by atoms with Crippen molar-refractivity contribution in [2.75, 3.05) is 11.9 Å². The van der Waals surface area contributed by atoms with E-state index in [2.05, 4.69) is 10.5 Å². The molecule has 7 heteroatoms. The number of nitrogens with two attached hydrogens (primary N) is 1. The molecular weight excluding hydrogens is 283 g/mol. The normalized spacial score (nSPS) is 12.5. The van der Waals surface area contributed by atoms with Crippen molar-refractivity contribution in [3.05, 3.63) is 29.6 Å². The largest absolute Gasteiger partial charge is 0.409 e. The second kappa shape index (κ2) is 7.19. The lowest BCUT2D eigenvalue weighted by atomic mass is 9.86. The molecule has 4 nitrogen and oxygen atoms in total. The molecule has 0 fully saturated rings. The summed E-state index contributed by atoms with van der Waals surface area (Å²) in [5.41, 5.74) is 5.35. The SMILES string of the molecule is CC(C)(CCCCNc1cc(F)c(F)c(F)c1)/C(N)=N/O. The highest BCUT2D eigenvalue weighted by atomic mass is 19.2. The number of hydrogen-bond acceptors (Lipinski definition) is 3. The van der Waals surface area contributed by atoms with Crippen molar-refractivity contribution in [2.24, 2.45) is 16.3 Å². The molecule has 0 unspecified atom stereocenters. The van der Waals surface area contributed by atoms with E-state index in [1.807, 2.05) is 13.8 Å². The summed E-state index contributed by atoms with van der Waals surface area (Å²) in [6.07, 6.45) is 2.21.